The number of ether oxygens (including phenoxy) is 2. The minimum absolute atomic E-state index is 0.250. The van der Waals surface area contributed by atoms with Gasteiger partial charge in [-0.2, -0.15) is 0 Å². The van der Waals surface area contributed by atoms with E-state index in [9.17, 15) is 5.11 Å². The highest BCUT2D eigenvalue weighted by Gasteiger charge is 2.00. The van der Waals surface area contributed by atoms with Gasteiger partial charge in [-0.05, 0) is 25.0 Å². The molecular formula is C16H22O3. The van der Waals surface area contributed by atoms with Crippen molar-refractivity contribution in [3.8, 4) is 0 Å². The van der Waals surface area contributed by atoms with Gasteiger partial charge in [0, 0.05) is 12.5 Å². The summed E-state index contributed by atoms with van der Waals surface area (Å²) in [6, 6.07) is 10.0. The van der Waals surface area contributed by atoms with Crippen LogP contribution in [0.25, 0.3) is 0 Å². The Labute approximate surface area is 115 Å². The van der Waals surface area contributed by atoms with E-state index in [1.807, 2.05) is 44.2 Å². The van der Waals surface area contributed by atoms with Gasteiger partial charge in [-0.15, -0.1) is 0 Å². The molecule has 1 N–H and O–H groups in total. The monoisotopic (exact) mass is 262 g/mol. The fraction of sp³-hybridized carbons (Fsp3) is 0.375. The fourth-order valence-corrected chi connectivity index (χ4v) is 1.47. The number of hydrogen-bond acceptors (Lipinski definition) is 3. The largest absolute Gasteiger partial charge is 0.508 e. The molecule has 0 amide bonds. The van der Waals surface area contributed by atoms with E-state index in [0.29, 0.717) is 25.4 Å². The molecule has 0 aromatic heterocycles. The van der Waals surface area contributed by atoms with Gasteiger partial charge in [0.05, 0.1) is 20.3 Å². The van der Waals surface area contributed by atoms with Crippen LogP contribution in [-0.2, 0) is 16.1 Å². The maximum absolute atomic E-state index is 9.64. The van der Waals surface area contributed by atoms with Gasteiger partial charge in [-0.1, -0.05) is 30.3 Å². The lowest BCUT2D eigenvalue weighted by Gasteiger charge is -2.08. The van der Waals surface area contributed by atoms with Gasteiger partial charge in [0.1, 0.15) is 11.5 Å². The molecule has 3 nitrogen and oxygen atoms in total. The molecule has 0 spiro atoms. The van der Waals surface area contributed by atoms with Gasteiger partial charge in [0.2, 0.25) is 0 Å². The number of allylic oxidation sites excluding steroid dienone is 2. The predicted molar refractivity (Wildman–Crippen MR) is 76.8 cm³/mol. The Bertz CT molecular complexity index is 429. The molecule has 1 aromatic rings. The van der Waals surface area contributed by atoms with Gasteiger partial charge in [-0.3, -0.25) is 0 Å². The summed E-state index contributed by atoms with van der Waals surface area (Å²) in [5, 5.41) is 9.64. The first-order chi connectivity index (χ1) is 9.13. The van der Waals surface area contributed by atoms with E-state index < -0.39 is 0 Å². The third-order valence-electron chi connectivity index (χ3n) is 2.68. The highest BCUT2D eigenvalue weighted by atomic mass is 16.5. The first-order valence-electron chi connectivity index (χ1n) is 6.36. The Morgan fingerprint density at radius 3 is 2.47 bits per heavy atom. The SMILES string of the molecule is CO/C(=C\C(O)=C(C)C)CCOCc1ccccc1. The number of rotatable bonds is 7. The maximum atomic E-state index is 9.64. The molecule has 1 aromatic carbocycles. The molecule has 0 aliphatic heterocycles. The highest BCUT2D eigenvalue weighted by Crippen LogP contribution is 2.10. The second-order valence-electron chi connectivity index (χ2n) is 4.49. The lowest BCUT2D eigenvalue weighted by Crippen LogP contribution is -1.99. The summed E-state index contributed by atoms with van der Waals surface area (Å²) in [6.07, 6.45) is 2.28. The van der Waals surface area contributed by atoms with Crippen LogP contribution < -0.4 is 0 Å². The molecule has 0 radical (unpaired) electrons. The average molecular weight is 262 g/mol. The van der Waals surface area contributed by atoms with E-state index in [1.165, 1.54) is 0 Å². The van der Waals surface area contributed by atoms with Gasteiger partial charge in [0.15, 0.2) is 0 Å². The van der Waals surface area contributed by atoms with Crippen LogP contribution in [0.5, 0.6) is 0 Å². The molecule has 3 heteroatoms. The molecule has 0 aliphatic carbocycles. The van der Waals surface area contributed by atoms with Crippen molar-refractivity contribution in [2.24, 2.45) is 0 Å². The van der Waals surface area contributed by atoms with Crippen LogP contribution in [0.3, 0.4) is 0 Å². The van der Waals surface area contributed by atoms with Crippen molar-refractivity contribution in [2.45, 2.75) is 26.9 Å². The van der Waals surface area contributed by atoms with Crippen molar-refractivity contribution in [1.82, 2.24) is 0 Å². The molecular weight excluding hydrogens is 240 g/mol. The van der Waals surface area contributed by atoms with Crippen molar-refractivity contribution >= 4 is 0 Å². The molecule has 0 bridgehead atoms. The van der Waals surface area contributed by atoms with Crippen LogP contribution >= 0.6 is 0 Å². The Morgan fingerprint density at radius 2 is 1.89 bits per heavy atom. The normalized spacial score (nSPS) is 11.2. The van der Waals surface area contributed by atoms with Gasteiger partial charge in [-0.25, -0.2) is 0 Å². The minimum atomic E-state index is 0.250. The van der Waals surface area contributed by atoms with Gasteiger partial charge >= 0.3 is 0 Å². The molecule has 0 aliphatic rings. The Kier molecular flexibility index (Phi) is 6.75. The summed E-state index contributed by atoms with van der Waals surface area (Å²) in [5.41, 5.74) is 2.01. The van der Waals surface area contributed by atoms with Crippen LogP contribution in [0.4, 0.5) is 0 Å². The lowest BCUT2D eigenvalue weighted by atomic mass is 10.2. The standard InChI is InChI=1S/C16H22O3/c1-13(2)16(17)11-15(18-3)9-10-19-12-14-7-5-4-6-8-14/h4-8,11,17H,9-10,12H2,1-3H3/b15-11-. The zero-order valence-electron chi connectivity index (χ0n) is 11.8. The first kappa shape index (κ1) is 15.3. The van der Waals surface area contributed by atoms with Crippen LogP contribution in [0.1, 0.15) is 25.8 Å². The Balaban J connectivity index is 2.37. The number of hydrogen-bond donors (Lipinski definition) is 1. The van der Waals surface area contributed by atoms with Crippen LogP contribution in [0.15, 0.2) is 53.5 Å². The van der Waals surface area contributed by atoms with Gasteiger partial charge in [0.25, 0.3) is 0 Å². The zero-order chi connectivity index (χ0) is 14.1. The first-order valence-corrected chi connectivity index (χ1v) is 6.36. The molecule has 0 saturated heterocycles. The minimum Gasteiger partial charge on any atom is -0.508 e. The fourth-order valence-electron chi connectivity index (χ4n) is 1.47. The van der Waals surface area contributed by atoms with Crippen molar-refractivity contribution in [2.75, 3.05) is 13.7 Å². The molecule has 0 saturated carbocycles. The summed E-state index contributed by atoms with van der Waals surface area (Å²) in [6.45, 7) is 4.85. The predicted octanol–water partition coefficient (Wildman–Crippen LogP) is 3.98. The highest BCUT2D eigenvalue weighted by molar-refractivity contribution is 5.18. The zero-order valence-corrected chi connectivity index (χ0v) is 11.8. The summed E-state index contributed by atoms with van der Waals surface area (Å²) in [5.74, 6) is 0.965. The lowest BCUT2D eigenvalue weighted by molar-refractivity contribution is 0.112. The van der Waals surface area contributed by atoms with E-state index in [4.69, 9.17) is 9.47 Å². The van der Waals surface area contributed by atoms with Crippen molar-refractivity contribution < 1.29 is 14.6 Å². The topological polar surface area (TPSA) is 38.7 Å². The number of aliphatic hydroxyl groups excluding tert-OH is 1. The molecule has 0 heterocycles. The smallest absolute Gasteiger partial charge is 0.117 e. The molecule has 0 unspecified atom stereocenters. The van der Waals surface area contributed by atoms with Crippen LogP contribution in [-0.4, -0.2) is 18.8 Å². The maximum Gasteiger partial charge on any atom is 0.117 e. The number of benzene rings is 1. The number of aliphatic hydroxyl groups is 1. The average Bonchev–Trinajstić information content (AvgIpc) is 2.43. The summed E-state index contributed by atoms with van der Waals surface area (Å²) >= 11 is 0. The van der Waals surface area contributed by atoms with E-state index in [0.717, 1.165) is 11.1 Å². The second kappa shape index (κ2) is 8.38. The quantitative estimate of drug-likeness (QED) is 0.459. The Hall–Kier alpha value is -1.74. The van der Waals surface area contributed by atoms with Crippen molar-refractivity contribution in [3.63, 3.8) is 0 Å². The van der Waals surface area contributed by atoms with Crippen LogP contribution in [0.2, 0.25) is 0 Å². The summed E-state index contributed by atoms with van der Waals surface area (Å²) < 4.78 is 10.8. The third kappa shape index (κ3) is 6.11. The summed E-state index contributed by atoms with van der Waals surface area (Å²) in [4.78, 5) is 0. The molecule has 104 valence electrons. The van der Waals surface area contributed by atoms with E-state index in [1.54, 1.807) is 13.2 Å². The Morgan fingerprint density at radius 1 is 1.21 bits per heavy atom. The van der Waals surface area contributed by atoms with Gasteiger partial charge < -0.3 is 14.6 Å². The third-order valence-corrected chi connectivity index (χ3v) is 2.68. The number of methoxy groups -OCH3 is 1. The van der Waals surface area contributed by atoms with E-state index >= 15 is 0 Å². The van der Waals surface area contributed by atoms with E-state index in [2.05, 4.69) is 0 Å². The molecule has 0 atom stereocenters. The van der Waals surface area contributed by atoms with E-state index in [-0.39, 0.29) is 5.76 Å². The summed E-state index contributed by atoms with van der Waals surface area (Å²) in [7, 11) is 1.60. The van der Waals surface area contributed by atoms with Crippen molar-refractivity contribution in [1.29, 1.82) is 0 Å². The second-order valence-corrected chi connectivity index (χ2v) is 4.49. The molecule has 1 rings (SSSR count). The van der Waals surface area contributed by atoms with Crippen LogP contribution in [0, 0.1) is 0 Å². The van der Waals surface area contributed by atoms with Crippen molar-refractivity contribution in [3.05, 3.63) is 59.1 Å². The molecule has 19 heavy (non-hydrogen) atoms. The molecule has 0 fully saturated rings.